The third-order valence-electron chi connectivity index (χ3n) is 3.52. The Bertz CT molecular complexity index is 563. The summed E-state index contributed by atoms with van der Waals surface area (Å²) in [7, 11) is 3.62. The van der Waals surface area contributed by atoms with Gasteiger partial charge in [-0.25, -0.2) is 0 Å². The molecule has 114 valence electrons. The van der Waals surface area contributed by atoms with Crippen LogP contribution < -0.4 is 10.1 Å². The molecular formula is C16H22ClN3O. The summed E-state index contributed by atoms with van der Waals surface area (Å²) in [6.45, 7) is 3.08. The average Bonchev–Trinajstić information content (AvgIpc) is 2.83. The van der Waals surface area contributed by atoms with Gasteiger partial charge in [0.1, 0.15) is 5.75 Å². The molecule has 0 fully saturated rings. The molecule has 5 heteroatoms. The highest BCUT2D eigenvalue weighted by Gasteiger charge is 2.20. The Morgan fingerprint density at radius 1 is 1.38 bits per heavy atom. The van der Waals surface area contributed by atoms with Crippen LogP contribution in [-0.2, 0) is 13.5 Å². The minimum Gasteiger partial charge on any atom is -0.496 e. The first-order valence-electron chi connectivity index (χ1n) is 7.20. The lowest BCUT2D eigenvalue weighted by molar-refractivity contribution is 0.403. The van der Waals surface area contributed by atoms with E-state index in [1.807, 2.05) is 29.9 Å². The average molecular weight is 308 g/mol. The number of nitrogens with one attached hydrogen (secondary N) is 1. The van der Waals surface area contributed by atoms with E-state index in [1.54, 1.807) is 13.3 Å². The quantitative estimate of drug-likeness (QED) is 0.852. The second kappa shape index (κ2) is 7.48. The molecule has 1 atom stereocenters. The summed E-state index contributed by atoms with van der Waals surface area (Å²) in [5, 5.41) is 8.49. The highest BCUT2D eigenvalue weighted by Crippen LogP contribution is 2.28. The van der Waals surface area contributed by atoms with Gasteiger partial charge in [0, 0.05) is 7.05 Å². The van der Waals surface area contributed by atoms with Crippen molar-refractivity contribution < 1.29 is 4.74 Å². The number of hydrogen-bond acceptors (Lipinski definition) is 3. The summed E-state index contributed by atoms with van der Waals surface area (Å²) in [6, 6.07) is 8.19. The SMILES string of the molecule is CCCNC(Cc1ccccc1OC)c1c(Cl)cnn1C. The highest BCUT2D eigenvalue weighted by atomic mass is 35.5. The van der Waals surface area contributed by atoms with E-state index in [-0.39, 0.29) is 6.04 Å². The topological polar surface area (TPSA) is 39.1 Å². The maximum absolute atomic E-state index is 6.30. The maximum atomic E-state index is 6.30. The van der Waals surface area contributed by atoms with Crippen LogP contribution in [0.25, 0.3) is 0 Å². The van der Waals surface area contributed by atoms with Crippen molar-refractivity contribution in [2.24, 2.45) is 7.05 Å². The van der Waals surface area contributed by atoms with E-state index in [2.05, 4.69) is 23.4 Å². The smallest absolute Gasteiger partial charge is 0.122 e. The van der Waals surface area contributed by atoms with E-state index in [4.69, 9.17) is 16.3 Å². The first-order valence-corrected chi connectivity index (χ1v) is 7.57. The number of hydrogen-bond donors (Lipinski definition) is 1. The van der Waals surface area contributed by atoms with Crippen molar-refractivity contribution in [2.45, 2.75) is 25.8 Å². The fourth-order valence-electron chi connectivity index (χ4n) is 2.49. The van der Waals surface area contributed by atoms with Crippen molar-refractivity contribution >= 4 is 11.6 Å². The Kier molecular flexibility index (Phi) is 5.65. The van der Waals surface area contributed by atoms with Crippen LogP contribution in [0.15, 0.2) is 30.5 Å². The number of aryl methyl sites for hydroxylation is 1. The van der Waals surface area contributed by atoms with Gasteiger partial charge in [-0.2, -0.15) is 5.10 Å². The van der Waals surface area contributed by atoms with Crippen LogP contribution in [0.3, 0.4) is 0 Å². The first-order chi connectivity index (χ1) is 10.2. The molecule has 1 aromatic heterocycles. The largest absolute Gasteiger partial charge is 0.496 e. The Labute approximate surface area is 131 Å². The molecule has 0 saturated heterocycles. The Morgan fingerprint density at radius 3 is 2.76 bits per heavy atom. The number of rotatable bonds is 7. The predicted octanol–water partition coefficient (Wildman–Crippen LogP) is 3.37. The minimum absolute atomic E-state index is 0.112. The van der Waals surface area contributed by atoms with Crippen LogP contribution in [0.1, 0.15) is 30.6 Å². The van der Waals surface area contributed by atoms with Crippen molar-refractivity contribution in [1.82, 2.24) is 15.1 Å². The molecule has 0 radical (unpaired) electrons. The lowest BCUT2D eigenvalue weighted by Gasteiger charge is -2.20. The van der Waals surface area contributed by atoms with Crippen molar-refractivity contribution in [3.05, 3.63) is 46.7 Å². The van der Waals surface area contributed by atoms with Gasteiger partial charge in [-0.1, -0.05) is 36.7 Å². The summed E-state index contributed by atoms with van der Waals surface area (Å²) in [5.41, 5.74) is 2.17. The van der Waals surface area contributed by atoms with Gasteiger partial charge in [0.2, 0.25) is 0 Å². The number of halogens is 1. The van der Waals surface area contributed by atoms with E-state index in [9.17, 15) is 0 Å². The van der Waals surface area contributed by atoms with Crippen LogP contribution in [0.2, 0.25) is 5.02 Å². The van der Waals surface area contributed by atoms with Crippen LogP contribution in [0, 0.1) is 0 Å². The summed E-state index contributed by atoms with van der Waals surface area (Å²) in [5.74, 6) is 0.902. The molecule has 21 heavy (non-hydrogen) atoms. The first kappa shape index (κ1) is 15.9. The van der Waals surface area contributed by atoms with Gasteiger partial charge in [-0.3, -0.25) is 4.68 Å². The molecule has 0 spiro atoms. The maximum Gasteiger partial charge on any atom is 0.122 e. The summed E-state index contributed by atoms with van der Waals surface area (Å²) >= 11 is 6.30. The van der Waals surface area contributed by atoms with E-state index >= 15 is 0 Å². The van der Waals surface area contributed by atoms with Crippen LogP contribution in [-0.4, -0.2) is 23.4 Å². The number of benzene rings is 1. The summed E-state index contributed by atoms with van der Waals surface area (Å²) in [6.07, 6.45) is 3.57. The monoisotopic (exact) mass is 307 g/mol. The van der Waals surface area contributed by atoms with Gasteiger partial charge in [0.25, 0.3) is 0 Å². The van der Waals surface area contributed by atoms with E-state index < -0.39 is 0 Å². The molecule has 0 saturated carbocycles. The number of ether oxygens (including phenoxy) is 1. The molecule has 2 rings (SSSR count). The fraction of sp³-hybridized carbons (Fsp3) is 0.438. The third-order valence-corrected chi connectivity index (χ3v) is 3.82. The van der Waals surface area contributed by atoms with Gasteiger partial charge in [-0.05, 0) is 31.0 Å². The Hall–Kier alpha value is -1.52. The van der Waals surface area contributed by atoms with E-state index in [0.29, 0.717) is 5.02 Å². The zero-order chi connectivity index (χ0) is 15.2. The lowest BCUT2D eigenvalue weighted by Crippen LogP contribution is -2.26. The molecule has 0 bridgehead atoms. The third kappa shape index (κ3) is 3.77. The lowest BCUT2D eigenvalue weighted by atomic mass is 10.0. The molecule has 0 aliphatic carbocycles. The zero-order valence-corrected chi connectivity index (χ0v) is 13.5. The van der Waals surface area contributed by atoms with Crippen molar-refractivity contribution in [1.29, 1.82) is 0 Å². The number of nitrogens with zero attached hydrogens (tertiary/aromatic N) is 2. The Balaban J connectivity index is 2.28. The predicted molar refractivity (Wildman–Crippen MR) is 86.0 cm³/mol. The van der Waals surface area contributed by atoms with Gasteiger partial charge < -0.3 is 10.1 Å². The summed E-state index contributed by atoms with van der Waals surface area (Å²) in [4.78, 5) is 0. The molecule has 2 aromatic rings. The second-order valence-electron chi connectivity index (χ2n) is 5.02. The number of aromatic nitrogens is 2. The van der Waals surface area contributed by atoms with Gasteiger partial charge >= 0.3 is 0 Å². The van der Waals surface area contributed by atoms with Gasteiger partial charge in [-0.15, -0.1) is 0 Å². The standard InChI is InChI=1S/C16H22ClN3O/c1-4-9-18-14(16-13(17)11-19-20(16)2)10-12-7-5-6-8-15(12)21-3/h5-8,11,14,18H,4,9-10H2,1-3H3. The summed E-state index contributed by atoms with van der Waals surface area (Å²) < 4.78 is 7.28. The van der Waals surface area contributed by atoms with Crippen LogP contribution >= 0.6 is 11.6 Å². The van der Waals surface area contributed by atoms with Gasteiger partial charge in [0.15, 0.2) is 0 Å². The molecule has 0 amide bonds. The van der Waals surface area contributed by atoms with E-state index in [0.717, 1.165) is 36.4 Å². The van der Waals surface area contributed by atoms with Crippen LogP contribution in [0.5, 0.6) is 5.75 Å². The normalized spacial score (nSPS) is 12.4. The van der Waals surface area contributed by atoms with Crippen molar-refractivity contribution in [3.63, 3.8) is 0 Å². The molecule has 1 heterocycles. The van der Waals surface area contributed by atoms with E-state index in [1.165, 1.54) is 0 Å². The highest BCUT2D eigenvalue weighted by molar-refractivity contribution is 6.31. The minimum atomic E-state index is 0.112. The van der Waals surface area contributed by atoms with Gasteiger partial charge in [0.05, 0.1) is 30.1 Å². The molecule has 0 aliphatic rings. The number of para-hydroxylation sites is 1. The van der Waals surface area contributed by atoms with Crippen LogP contribution in [0.4, 0.5) is 0 Å². The van der Waals surface area contributed by atoms with Crippen molar-refractivity contribution in [2.75, 3.05) is 13.7 Å². The molecule has 4 nitrogen and oxygen atoms in total. The molecule has 1 unspecified atom stereocenters. The second-order valence-corrected chi connectivity index (χ2v) is 5.43. The fourth-order valence-corrected chi connectivity index (χ4v) is 2.79. The molecule has 1 aromatic carbocycles. The molecular weight excluding hydrogens is 286 g/mol. The molecule has 1 N–H and O–H groups in total. The zero-order valence-electron chi connectivity index (χ0n) is 12.8. The Morgan fingerprint density at radius 2 is 2.14 bits per heavy atom. The molecule has 0 aliphatic heterocycles. The number of methoxy groups -OCH3 is 1. The van der Waals surface area contributed by atoms with Crippen molar-refractivity contribution in [3.8, 4) is 5.75 Å².